The molecule has 0 unspecified atom stereocenters. The lowest BCUT2D eigenvalue weighted by Crippen LogP contribution is -2.07. The van der Waals surface area contributed by atoms with E-state index in [9.17, 15) is 0 Å². The van der Waals surface area contributed by atoms with Gasteiger partial charge in [0.15, 0.2) is 0 Å². The molecular weight excluding hydrogens is 316 g/mol. The van der Waals surface area contributed by atoms with Crippen LogP contribution in [-0.2, 0) is 6.54 Å². The molecule has 1 N–H and O–H groups in total. The molecule has 2 aromatic rings. The van der Waals surface area contributed by atoms with Crippen LogP contribution in [0.2, 0.25) is 0 Å². The Labute approximate surface area is 128 Å². The summed E-state index contributed by atoms with van der Waals surface area (Å²) in [7, 11) is 0. The van der Waals surface area contributed by atoms with Crippen LogP contribution in [-0.4, -0.2) is 11.6 Å². The van der Waals surface area contributed by atoms with E-state index in [1.165, 1.54) is 0 Å². The summed E-state index contributed by atoms with van der Waals surface area (Å²) < 4.78 is 6.81. The SMILES string of the molecule is CC(C)COc1ccccc1NCc1cncc(Br)c1. The molecule has 0 atom stereocenters. The summed E-state index contributed by atoms with van der Waals surface area (Å²) in [4.78, 5) is 4.16. The standard InChI is InChI=1S/C16H19BrN2O/c1-12(2)11-20-16-6-4-3-5-15(16)19-9-13-7-14(17)10-18-8-13/h3-8,10,12,19H,9,11H2,1-2H3. The van der Waals surface area contributed by atoms with Gasteiger partial charge in [0.05, 0.1) is 12.3 Å². The fourth-order valence-corrected chi connectivity index (χ4v) is 2.16. The second kappa shape index (κ2) is 7.29. The van der Waals surface area contributed by atoms with Crippen LogP contribution < -0.4 is 10.1 Å². The van der Waals surface area contributed by atoms with E-state index in [2.05, 4.69) is 46.1 Å². The summed E-state index contributed by atoms with van der Waals surface area (Å²) in [5.74, 6) is 1.40. The Balaban J connectivity index is 2.02. The number of hydrogen-bond acceptors (Lipinski definition) is 3. The van der Waals surface area contributed by atoms with Gasteiger partial charge < -0.3 is 10.1 Å². The number of nitrogens with one attached hydrogen (secondary N) is 1. The molecule has 0 fully saturated rings. The molecule has 3 nitrogen and oxygen atoms in total. The van der Waals surface area contributed by atoms with Gasteiger partial charge >= 0.3 is 0 Å². The Kier molecular flexibility index (Phi) is 5.41. The van der Waals surface area contributed by atoms with Crippen molar-refractivity contribution in [2.24, 2.45) is 5.92 Å². The number of pyridine rings is 1. The topological polar surface area (TPSA) is 34.1 Å². The van der Waals surface area contributed by atoms with E-state index >= 15 is 0 Å². The van der Waals surface area contributed by atoms with Crippen molar-refractivity contribution in [3.05, 3.63) is 52.8 Å². The number of benzene rings is 1. The molecule has 0 aliphatic heterocycles. The largest absolute Gasteiger partial charge is 0.491 e. The molecule has 20 heavy (non-hydrogen) atoms. The molecule has 2 rings (SSSR count). The van der Waals surface area contributed by atoms with E-state index in [1.807, 2.05) is 30.5 Å². The molecule has 1 aromatic carbocycles. The van der Waals surface area contributed by atoms with Gasteiger partial charge in [0.1, 0.15) is 5.75 Å². The monoisotopic (exact) mass is 334 g/mol. The first-order chi connectivity index (χ1) is 9.65. The number of halogens is 1. The minimum absolute atomic E-state index is 0.511. The summed E-state index contributed by atoms with van der Waals surface area (Å²) in [5, 5.41) is 3.39. The summed E-state index contributed by atoms with van der Waals surface area (Å²) in [6.45, 7) is 5.72. The van der Waals surface area contributed by atoms with Crippen molar-refractivity contribution in [3.8, 4) is 5.75 Å². The van der Waals surface area contributed by atoms with Gasteiger partial charge in [0.2, 0.25) is 0 Å². The van der Waals surface area contributed by atoms with Gasteiger partial charge in [-0.15, -0.1) is 0 Å². The van der Waals surface area contributed by atoms with Gasteiger partial charge in [-0.2, -0.15) is 0 Å². The predicted octanol–water partition coefficient (Wildman–Crippen LogP) is 4.49. The molecule has 4 heteroatoms. The number of aromatic nitrogens is 1. The average molecular weight is 335 g/mol. The number of ether oxygens (including phenoxy) is 1. The van der Waals surface area contributed by atoms with Crippen LogP contribution in [0, 0.1) is 5.92 Å². The fourth-order valence-electron chi connectivity index (χ4n) is 1.74. The van der Waals surface area contributed by atoms with Crippen molar-refractivity contribution in [2.75, 3.05) is 11.9 Å². The Bertz CT molecular complexity index is 558. The fraction of sp³-hybridized carbons (Fsp3) is 0.312. The maximum absolute atomic E-state index is 5.82. The van der Waals surface area contributed by atoms with Crippen LogP contribution in [0.25, 0.3) is 0 Å². The van der Waals surface area contributed by atoms with E-state index in [1.54, 1.807) is 6.20 Å². The van der Waals surface area contributed by atoms with E-state index < -0.39 is 0 Å². The highest BCUT2D eigenvalue weighted by molar-refractivity contribution is 9.10. The smallest absolute Gasteiger partial charge is 0.142 e. The van der Waals surface area contributed by atoms with Crippen LogP contribution in [0.5, 0.6) is 5.75 Å². The molecule has 0 spiro atoms. The van der Waals surface area contributed by atoms with Crippen molar-refractivity contribution >= 4 is 21.6 Å². The van der Waals surface area contributed by atoms with E-state index in [0.29, 0.717) is 12.5 Å². The Hall–Kier alpha value is -1.55. The number of nitrogens with zero attached hydrogens (tertiary/aromatic N) is 1. The molecule has 1 aromatic heterocycles. The van der Waals surface area contributed by atoms with Gasteiger partial charge in [-0.1, -0.05) is 26.0 Å². The van der Waals surface area contributed by atoms with E-state index in [4.69, 9.17) is 4.74 Å². The van der Waals surface area contributed by atoms with Crippen LogP contribution >= 0.6 is 15.9 Å². The third-order valence-corrected chi connectivity index (χ3v) is 3.14. The van der Waals surface area contributed by atoms with Crippen LogP contribution in [0.3, 0.4) is 0 Å². The molecular formula is C16H19BrN2O. The van der Waals surface area contributed by atoms with Crippen molar-refractivity contribution in [3.63, 3.8) is 0 Å². The van der Waals surface area contributed by atoms with Gasteiger partial charge in [-0.25, -0.2) is 0 Å². The molecule has 0 aliphatic rings. The van der Waals surface area contributed by atoms with Crippen molar-refractivity contribution in [1.82, 2.24) is 4.98 Å². The van der Waals surface area contributed by atoms with E-state index in [-0.39, 0.29) is 0 Å². The second-order valence-corrected chi connectivity index (χ2v) is 5.98. The molecule has 0 aliphatic carbocycles. The van der Waals surface area contributed by atoms with Gasteiger partial charge in [0.25, 0.3) is 0 Å². The summed E-state index contributed by atoms with van der Waals surface area (Å²) in [5.41, 5.74) is 2.13. The highest BCUT2D eigenvalue weighted by Gasteiger charge is 2.04. The lowest BCUT2D eigenvalue weighted by Gasteiger charge is -2.14. The quantitative estimate of drug-likeness (QED) is 0.844. The number of anilines is 1. The van der Waals surface area contributed by atoms with Crippen molar-refractivity contribution in [2.45, 2.75) is 20.4 Å². The van der Waals surface area contributed by atoms with Gasteiger partial charge in [-0.3, -0.25) is 4.98 Å². The average Bonchev–Trinajstić information content (AvgIpc) is 2.44. The van der Waals surface area contributed by atoms with Gasteiger partial charge in [-0.05, 0) is 45.6 Å². The minimum Gasteiger partial charge on any atom is -0.491 e. The van der Waals surface area contributed by atoms with Crippen LogP contribution in [0.1, 0.15) is 19.4 Å². The Morgan fingerprint density at radius 1 is 1.25 bits per heavy atom. The Morgan fingerprint density at radius 2 is 2.05 bits per heavy atom. The molecule has 0 amide bonds. The van der Waals surface area contributed by atoms with Crippen molar-refractivity contribution in [1.29, 1.82) is 0 Å². The predicted molar refractivity (Wildman–Crippen MR) is 86.0 cm³/mol. The first-order valence-electron chi connectivity index (χ1n) is 6.70. The normalized spacial score (nSPS) is 10.6. The number of hydrogen-bond donors (Lipinski definition) is 1. The number of rotatable bonds is 6. The zero-order valence-corrected chi connectivity index (χ0v) is 13.4. The summed E-state index contributed by atoms with van der Waals surface area (Å²) in [6, 6.07) is 10.1. The molecule has 0 bridgehead atoms. The zero-order valence-electron chi connectivity index (χ0n) is 11.8. The minimum atomic E-state index is 0.511. The van der Waals surface area contributed by atoms with E-state index in [0.717, 1.165) is 28.1 Å². The maximum Gasteiger partial charge on any atom is 0.142 e. The third kappa shape index (κ3) is 4.53. The highest BCUT2D eigenvalue weighted by atomic mass is 79.9. The molecule has 0 radical (unpaired) electrons. The first kappa shape index (κ1) is 14.9. The lowest BCUT2D eigenvalue weighted by molar-refractivity contribution is 0.272. The Morgan fingerprint density at radius 3 is 2.80 bits per heavy atom. The second-order valence-electron chi connectivity index (χ2n) is 5.07. The maximum atomic E-state index is 5.82. The van der Waals surface area contributed by atoms with Crippen LogP contribution in [0.4, 0.5) is 5.69 Å². The summed E-state index contributed by atoms with van der Waals surface area (Å²) >= 11 is 3.43. The van der Waals surface area contributed by atoms with Gasteiger partial charge in [0, 0.05) is 23.4 Å². The van der Waals surface area contributed by atoms with Crippen molar-refractivity contribution < 1.29 is 4.74 Å². The molecule has 106 valence electrons. The highest BCUT2D eigenvalue weighted by Crippen LogP contribution is 2.25. The zero-order chi connectivity index (χ0) is 14.4. The molecule has 0 saturated carbocycles. The lowest BCUT2D eigenvalue weighted by atomic mass is 10.2. The molecule has 1 heterocycles. The third-order valence-electron chi connectivity index (χ3n) is 2.70. The first-order valence-corrected chi connectivity index (χ1v) is 7.49. The van der Waals surface area contributed by atoms with Crippen LogP contribution in [0.15, 0.2) is 47.2 Å². The number of para-hydroxylation sites is 2. The summed E-state index contributed by atoms with van der Waals surface area (Å²) in [6.07, 6.45) is 3.64. The molecule has 0 saturated heterocycles.